The molecule has 0 spiro atoms. The highest BCUT2D eigenvalue weighted by atomic mass is 35.5. The van der Waals surface area contributed by atoms with Crippen LogP contribution in [0.1, 0.15) is 109 Å². The number of nitrogens with one attached hydrogen (secondary N) is 2. The van der Waals surface area contributed by atoms with Gasteiger partial charge in [0.15, 0.2) is 23.0 Å². The van der Waals surface area contributed by atoms with Gasteiger partial charge >= 0.3 is 12.3 Å². The van der Waals surface area contributed by atoms with Crippen LogP contribution in [-0.4, -0.2) is 72.5 Å². The third kappa shape index (κ3) is 8.44. The summed E-state index contributed by atoms with van der Waals surface area (Å²) in [6.45, 7) is 4.60. The number of hydrogen-bond acceptors (Lipinski definition) is 10. The van der Waals surface area contributed by atoms with Crippen LogP contribution in [-0.2, 0) is 17.3 Å². The zero-order valence-corrected chi connectivity index (χ0v) is 36.2. The molecule has 1 atom stereocenters. The molecule has 4 N–H and O–H groups in total. The molecule has 4 aliphatic rings. The Bertz CT molecular complexity index is 2670. The highest BCUT2D eigenvalue weighted by Crippen LogP contribution is 2.44. The molecule has 1 saturated heterocycles. The molecule has 2 fully saturated rings. The van der Waals surface area contributed by atoms with E-state index in [4.69, 9.17) is 38.4 Å². The van der Waals surface area contributed by atoms with Gasteiger partial charge in [-0.05, 0) is 86.8 Å². The van der Waals surface area contributed by atoms with Gasteiger partial charge in [0.1, 0.15) is 11.9 Å². The van der Waals surface area contributed by atoms with Gasteiger partial charge in [-0.2, -0.15) is 23.4 Å². The number of fused-ring (bicyclic) bond motifs is 2. The number of carbonyl (C=O) groups is 3. The molecule has 20 heteroatoms. The maximum Gasteiger partial charge on any atom is 0.435 e. The Hall–Kier alpha value is -5.88. The summed E-state index contributed by atoms with van der Waals surface area (Å²) >= 11 is 12.5. The number of aromatic nitrogens is 5. The minimum atomic E-state index is -4.84. The molecule has 0 bridgehead atoms. The van der Waals surface area contributed by atoms with Gasteiger partial charge in [-0.1, -0.05) is 37.0 Å². The SMILES string of the molecule is CC1(C)CC(=O)c2c(C(F)(F)F)nn(-c3ccc(C(N)=O)c(NC4CCC(OC(=O)N5CCC(n6cc(-c7cnc8c(c7)OC(c7c(Cl)ccc(F)c7Cl)N8)cn6)CC5)CC4)c3)c2C1. The summed E-state index contributed by atoms with van der Waals surface area (Å²) < 4.78 is 71.5. The number of amides is 2. The largest absolute Gasteiger partial charge is 0.462 e. The first kappa shape index (κ1) is 43.4. The van der Waals surface area contributed by atoms with E-state index in [1.54, 1.807) is 17.3 Å². The number of ketones is 1. The number of alkyl halides is 3. The van der Waals surface area contributed by atoms with Gasteiger partial charge in [0, 0.05) is 54.8 Å². The zero-order valence-electron chi connectivity index (χ0n) is 34.6. The second-order valence-electron chi connectivity index (χ2n) is 17.5. The molecule has 9 rings (SSSR count). The quantitative estimate of drug-likeness (QED) is 0.101. The fourth-order valence-electron chi connectivity index (χ4n) is 9.12. The number of ether oxygens (including phenoxy) is 2. The number of nitrogens with zero attached hydrogens (tertiary/aromatic N) is 6. The van der Waals surface area contributed by atoms with Gasteiger partial charge < -0.3 is 30.7 Å². The molecular formula is C44H43Cl2F4N9O5. The number of likely N-dealkylation sites (tertiary alicyclic amines) is 1. The van der Waals surface area contributed by atoms with Crippen molar-refractivity contribution in [1.82, 2.24) is 29.4 Å². The lowest BCUT2D eigenvalue weighted by molar-refractivity contribution is -0.141. The van der Waals surface area contributed by atoms with Crippen molar-refractivity contribution >= 4 is 52.5 Å². The third-order valence-corrected chi connectivity index (χ3v) is 13.1. The van der Waals surface area contributed by atoms with Crippen LogP contribution in [0.3, 0.4) is 0 Å². The van der Waals surface area contributed by atoms with Gasteiger partial charge in [-0.25, -0.2) is 18.9 Å². The molecule has 2 aliphatic heterocycles. The van der Waals surface area contributed by atoms with Gasteiger partial charge in [0.25, 0.3) is 5.91 Å². The standard InChI is InChI=1S/C44H43Cl2F4N9O5/c1-43(2)17-32-36(33(60)18-43)38(44(48,49)50)56-59(32)26-5-8-28(39(51)61)31(16-26)54-24-3-6-27(7-4-24)63-42(62)57-13-11-25(12-14-57)58-21-23(20-53-58)22-15-34-40(52-19-22)55-41(64-34)35-29(45)9-10-30(47)37(35)46/h5,8-10,15-16,19-21,24-25,27,41,54H,3-4,6-7,11-14,17-18H2,1-2H3,(H2,51,61)(H,52,55). The summed E-state index contributed by atoms with van der Waals surface area (Å²) in [5.41, 5.74) is 6.26. The predicted octanol–water partition coefficient (Wildman–Crippen LogP) is 9.55. The highest BCUT2D eigenvalue weighted by molar-refractivity contribution is 6.36. The van der Waals surface area contributed by atoms with Crippen LogP contribution in [0.4, 0.5) is 33.9 Å². The lowest BCUT2D eigenvalue weighted by atomic mass is 9.75. The summed E-state index contributed by atoms with van der Waals surface area (Å²) in [6.07, 6.45) is 2.73. The molecule has 2 aliphatic carbocycles. The lowest BCUT2D eigenvalue weighted by Gasteiger charge is -2.34. The summed E-state index contributed by atoms with van der Waals surface area (Å²) in [7, 11) is 0. The average Bonchev–Trinajstić information content (AvgIpc) is 4.00. The van der Waals surface area contributed by atoms with Crippen LogP contribution in [0, 0.1) is 11.2 Å². The predicted molar refractivity (Wildman–Crippen MR) is 228 cm³/mol. The number of halogens is 6. The molecule has 336 valence electrons. The zero-order chi connectivity index (χ0) is 45.2. The average molecular weight is 925 g/mol. The minimum absolute atomic E-state index is 0.0320. The maximum absolute atomic E-state index is 14.2. The number of rotatable bonds is 8. The first-order chi connectivity index (χ1) is 30.4. The van der Waals surface area contributed by atoms with Gasteiger partial charge in [-0.15, -0.1) is 0 Å². The van der Waals surface area contributed by atoms with E-state index >= 15 is 0 Å². The monoisotopic (exact) mass is 923 g/mol. The number of primary amides is 1. The number of carbonyl (C=O) groups excluding carboxylic acids is 3. The fraction of sp³-hybridized carbons (Fsp3) is 0.409. The van der Waals surface area contributed by atoms with E-state index in [1.807, 2.05) is 30.8 Å². The summed E-state index contributed by atoms with van der Waals surface area (Å²) in [6, 6.07) is 8.77. The van der Waals surface area contributed by atoms with Gasteiger partial charge in [-0.3, -0.25) is 14.3 Å². The lowest BCUT2D eigenvalue weighted by Crippen LogP contribution is -2.41. The van der Waals surface area contributed by atoms with Crippen LogP contribution in [0.25, 0.3) is 16.8 Å². The minimum Gasteiger partial charge on any atom is -0.462 e. The van der Waals surface area contributed by atoms with E-state index in [-0.39, 0.29) is 69.7 Å². The molecular weight excluding hydrogens is 881 g/mol. The van der Waals surface area contributed by atoms with E-state index in [0.29, 0.717) is 68.9 Å². The molecule has 64 heavy (non-hydrogen) atoms. The van der Waals surface area contributed by atoms with Crippen molar-refractivity contribution in [2.45, 2.75) is 95.8 Å². The molecule has 0 radical (unpaired) electrons. The number of hydrogen-bond donors (Lipinski definition) is 3. The summed E-state index contributed by atoms with van der Waals surface area (Å²) in [5, 5.41) is 15.1. The van der Waals surface area contributed by atoms with Crippen LogP contribution in [0.5, 0.6) is 5.75 Å². The van der Waals surface area contributed by atoms with Crippen molar-refractivity contribution in [3.63, 3.8) is 0 Å². The fourth-order valence-corrected chi connectivity index (χ4v) is 9.68. The Balaban J connectivity index is 0.785. The molecule has 5 heterocycles. The second kappa shape index (κ2) is 16.6. The van der Waals surface area contributed by atoms with E-state index in [9.17, 15) is 31.9 Å². The van der Waals surface area contributed by atoms with Crippen LogP contribution in [0.15, 0.2) is 55.0 Å². The Kier molecular flexibility index (Phi) is 11.2. The number of Topliss-reactive ketones (excluding diaryl/α,β-unsaturated/α-hetero) is 1. The Morgan fingerprint density at radius 3 is 2.47 bits per heavy atom. The molecule has 1 saturated carbocycles. The molecule has 3 aromatic heterocycles. The molecule has 2 amide bonds. The van der Waals surface area contributed by atoms with Crippen molar-refractivity contribution in [3.8, 4) is 22.6 Å². The molecule has 5 aromatic rings. The van der Waals surface area contributed by atoms with E-state index < -0.39 is 46.6 Å². The normalized spacial score (nSPS) is 20.8. The van der Waals surface area contributed by atoms with E-state index in [1.165, 1.54) is 30.3 Å². The molecule has 14 nitrogen and oxygen atoms in total. The number of piperidine rings is 1. The number of pyridine rings is 1. The van der Waals surface area contributed by atoms with Crippen LogP contribution < -0.4 is 21.1 Å². The number of benzene rings is 2. The summed E-state index contributed by atoms with van der Waals surface area (Å²) in [5.74, 6) is -1.02. The topological polar surface area (TPSA) is 172 Å². The summed E-state index contributed by atoms with van der Waals surface area (Å²) in [4.78, 5) is 44.9. The second-order valence-corrected chi connectivity index (χ2v) is 18.3. The first-order valence-electron chi connectivity index (χ1n) is 20.9. The first-order valence-corrected chi connectivity index (χ1v) is 21.7. The third-order valence-electron chi connectivity index (χ3n) is 12.4. The van der Waals surface area contributed by atoms with Crippen molar-refractivity contribution in [2.24, 2.45) is 11.1 Å². The molecule has 1 unspecified atom stereocenters. The Morgan fingerprint density at radius 1 is 1.00 bits per heavy atom. The Labute approximate surface area is 374 Å². The van der Waals surface area contributed by atoms with Crippen molar-refractivity contribution < 1.29 is 41.4 Å². The smallest absolute Gasteiger partial charge is 0.435 e. The number of anilines is 2. The van der Waals surface area contributed by atoms with Crippen LogP contribution in [0.2, 0.25) is 10.0 Å². The van der Waals surface area contributed by atoms with Crippen molar-refractivity contribution in [1.29, 1.82) is 0 Å². The Morgan fingerprint density at radius 2 is 1.75 bits per heavy atom. The highest BCUT2D eigenvalue weighted by Gasteiger charge is 2.45. The van der Waals surface area contributed by atoms with E-state index in [0.717, 1.165) is 15.8 Å². The number of nitrogens with two attached hydrogens (primary N) is 1. The maximum atomic E-state index is 14.2. The van der Waals surface area contributed by atoms with Gasteiger partial charge in [0.05, 0.1) is 50.4 Å². The van der Waals surface area contributed by atoms with Crippen molar-refractivity contribution in [3.05, 3.63) is 98.9 Å². The molecule has 2 aromatic carbocycles. The van der Waals surface area contributed by atoms with Crippen molar-refractivity contribution in [2.75, 3.05) is 23.7 Å². The van der Waals surface area contributed by atoms with Gasteiger partial charge in [0.2, 0.25) is 6.23 Å². The van der Waals surface area contributed by atoms with Crippen LogP contribution >= 0.6 is 23.2 Å². The van der Waals surface area contributed by atoms with E-state index in [2.05, 4.69) is 25.8 Å².